The van der Waals surface area contributed by atoms with Gasteiger partial charge in [0.25, 0.3) is 0 Å². The van der Waals surface area contributed by atoms with Crippen molar-refractivity contribution < 1.29 is 0 Å². The van der Waals surface area contributed by atoms with Gasteiger partial charge in [-0.3, -0.25) is 0 Å². The molecule has 0 spiro atoms. The van der Waals surface area contributed by atoms with E-state index >= 15 is 0 Å². The molecule has 1 unspecified atom stereocenters. The van der Waals surface area contributed by atoms with Crippen molar-refractivity contribution in [2.24, 2.45) is 5.92 Å². The first-order chi connectivity index (χ1) is 6.77. The molecule has 1 saturated heterocycles. The number of piperidine rings is 1. The maximum Gasteiger partial charge on any atom is 0.00649 e. The number of hydrogen-bond acceptors (Lipinski definition) is 2. The lowest BCUT2D eigenvalue weighted by Gasteiger charge is -2.34. The Balaban J connectivity index is 2.17. The van der Waals surface area contributed by atoms with Crippen LogP contribution in [0.25, 0.3) is 0 Å². The average molecular weight is 198 g/mol. The molecule has 84 valence electrons. The highest BCUT2D eigenvalue weighted by Gasteiger charge is 2.22. The third kappa shape index (κ3) is 3.58. The Morgan fingerprint density at radius 1 is 1.36 bits per heavy atom. The molecule has 0 radical (unpaired) electrons. The highest BCUT2D eigenvalue weighted by atomic mass is 15.1. The quantitative estimate of drug-likeness (QED) is 0.728. The lowest BCUT2D eigenvalue weighted by Crippen LogP contribution is -2.41. The van der Waals surface area contributed by atoms with Gasteiger partial charge in [0.15, 0.2) is 0 Å². The van der Waals surface area contributed by atoms with Crippen molar-refractivity contribution in [3.8, 4) is 0 Å². The van der Waals surface area contributed by atoms with Crippen molar-refractivity contribution in [1.29, 1.82) is 0 Å². The van der Waals surface area contributed by atoms with Crippen LogP contribution in [-0.4, -0.2) is 37.6 Å². The van der Waals surface area contributed by atoms with E-state index in [1.54, 1.807) is 0 Å². The molecule has 1 N–H and O–H groups in total. The molecule has 2 nitrogen and oxygen atoms in total. The highest BCUT2D eigenvalue weighted by molar-refractivity contribution is 4.78. The van der Waals surface area contributed by atoms with E-state index in [0.717, 1.165) is 5.92 Å². The monoisotopic (exact) mass is 198 g/mol. The smallest absolute Gasteiger partial charge is 0.00649 e. The van der Waals surface area contributed by atoms with Gasteiger partial charge in [-0.1, -0.05) is 13.3 Å². The van der Waals surface area contributed by atoms with Crippen molar-refractivity contribution in [1.82, 2.24) is 10.2 Å². The summed E-state index contributed by atoms with van der Waals surface area (Å²) in [4.78, 5) is 2.63. The van der Waals surface area contributed by atoms with Gasteiger partial charge in [-0.15, -0.1) is 0 Å². The molecule has 1 aliphatic heterocycles. The van der Waals surface area contributed by atoms with E-state index in [1.807, 2.05) is 0 Å². The van der Waals surface area contributed by atoms with Crippen molar-refractivity contribution >= 4 is 0 Å². The Morgan fingerprint density at radius 2 is 2.00 bits per heavy atom. The average Bonchev–Trinajstić information content (AvgIpc) is 2.26. The summed E-state index contributed by atoms with van der Waals surface area (Å²) in [5.41, 5.74) is 0. The van der Waals surface area contributed by atoms with Gasteiger partial charge in [-0.05, 0) is 58.8 Å². The maximum atomic E-state index is 3.37. The van der Waals surface area contributed by atoms with E-state index in [4.69, 9.17) is 0 Å². The molecule has 0 aromatic rings. The summed E-state index contributed by atoms with van der Waals surface area (Å²) in [5, 5.41) is 3.37. The number of nitrogens with one attached hydrogen (secondary N) is 1. The number of likely N-dealkylation sites (tertiary alicyclic amines) is 1. The first-order valence-electron chi connectivity index (χ1n) is 6.17. The lowest BCUT2D eigenvalue weighted by molar-refractivity contribution is 0.163. The molecule has 1 heterocycles. The first-order valence-corrected chi connectivity index (χ1v) is 6.17. The molecule has 1 aliphatic rings. The minimum Gasteiger partial charge on any atom is -0.317 e. The predicted octanol–water partition coefficient (Wildman–Crippen LogP) is 2.11. The summed E-state index contributed by atoms with van der Waals surface area (Å²) in [5.74, 6) is 0.901. The molecule has 0 amide bonds. The van der Waals surface area contributed by atoms with Crippen LogP contribution in [0.2, 0.25) is 0 Å². The first kappa shape index (κ1) is 12.0. The molecule has 0 saturated carbocycles. The summed E-state index contributed by atoms with van der Waals surface area (Å²) < 4.78 is 0. The van der Waals surface area contributed by atoms with E-state index in [0.29, 0.717) is 6.04 Å². The molecule has 2 heteroatoms. The fourth-order valence-corrected chi connectivity index (χ4v) is 2.29. The van der Waals surface area contributed by atoms with Crippen LogP contribution in [0, 0.1) is 5.92 Å². The number of unbranched alkanes of at least 4 members (excludes halogenated alkanes) is 1. The van der Waals surface area contributed by atoms with Crippen molar-refractivity contribution in [3.63, 3.8) is 0 Å². The van der Waals surface area contributed by atoms with E-state index in [1.165, 1.54) is 45.3 Å². The van der Waals surface area contributed by atoms with Gasteiger partial charge in [0, 0.05) is 6.04 Å². The van der Waals surface area contributed by atoms with Gasteiger partial charge in [-0.2, -0.15) is 0 Å². The van der Waals surface area contributed by atoms with Gasteiger partial charge in [0.05, 0.1) is 0 Å². The third-order valence-electron chi connectivity index (χ3n) is 3.62. The second kappa shape index (κ2) is 6.41. The molecule has 0 aliphatic carbocycles. The van der Waals surface area contributed by atoms with E-state index < -0.39 is 0 Å². The Bertz CT molecular complexity index is 139. The Labute approximate surface area is 89.1 Å². The summed E-state index contributed by atoms with van der Waals surface area (Å²) >= 11 is 0. The lowest BCUT2D eigenvalue weighted by atomic mass is 9.90. The zero-order chi connectivity index (χ0) is 10.4. The summed E-state index contributed by atoms with van der Waals surface area (Å²) in [6.07, 6.45) is 5.45. The predicted molar refractivity (Wildman–Crippen MR) is 62.6 cm³/mol. The third-order valence-corrected chi connectivity index (χ3v) is 3.62. The Morgan fingerprint density at radius 3 is 2.50 bits per heavy atom. The van der Waals surface area contributed by atoms with Crippen molar-refractivity contribution in [2.75, 3.05) is 26.7 Å². The van der Waals surface area contributed by atoms with Crippen LogP contribution in [0.1, 0.15) is 39.5 Å². The van der Waals surface area contributed by atoms with Crippen LogP contribution < -0.4 is 5.32 Å². The molecule has 0 aromatic heterocycles. The molecular formula is C12H26N2. The second-order valence-corrected chi connectivity index (χ2v) is 4.61. The normalized spacial score (nSPS) is 22.5. The summed E-state index contributed by atoms with van der Waals surface area (Å²) in [6, 6.07) is 0.698. The SMILES string of the molecule is CCCCN1CCC(C(C)NC)CC1. The van der Waals surface area contributed by atoms with E-state index in [2.05, 4.69) is 31.1 Å². The minimum atomic E-state index is 0.698. The minimum absolute atomic E-state index is 0.698. The second-order valence-electron chi connectivity index (χ2n) is 4.61. The zero-order valence-corrected chi connectivity index (χ0v) is 10.1. The fraction of sp³-hybridized carbons (Fsp3) is 1.00. The number of rotatable bonds is 5. The van der Waals surface area contributed by atoms with Gasteiger partial charge in [0.1, 0.15) is 0 Å². The van der Waals surface area contributed by atoms with Crippen molar-refractivity contribution in [3.05, 3.63) is 0 Å². The number of hydrogen-bond donors (Lipinski definition) is 1. The van der Waals surface area contributed by atoms with Crippen LogP contribution in [0.5, 0.6) is 0 Å². The van der Waals surface area contributed by atoms with Crippen LogP contribution in [-0.2, 0) is 0 Å². The zero-order valence-electron chi connectivity index (χ0n) is 10.1. The maximum absolute atomic E-state index is 3.37. The van der Waals surface area contributed by atoms with E-state index in [-0.39, 0.29) is 0 Å². The molecule has 14 heavy (non-hydrogen) atoms. The molecule has 1 atom stereocenters. The summed E-state index contributed by atoms with van der Waals surface area (Å²) in [7, 11) is 2.08. The Hall–Kier alpha value is -0.0800. The topological polar surface area (TPSA) is 15.3 Å². The van der Waals surface area contributed by atoms with Crippen LogP contribution in [0.15, 0.2) is 0 Å². The molecule has 1 rings (SSSR count). The largest absolute Gasteiger partial charge is 0.317 e. The standard InChI is InChI=1S/C12H26N2/c1-4-5-8-14-9-6-12(7-10-14)11(2)13-3/h11-13H,4-10H2,1-3H3. The van der Waals surface area contributed by atoms with Crippen molar-refractivity contribution in [2.45, 2.75) is 45.6 Å². The van der Waals surface area contributed by atoms with Gasteiger partial charge >= 0.3 is 0 Å². The van der Waals surface area contributed by atoms with Crippen LogP contribution in [0.3, 0.4) is 0 Å². The summed E-state index contributed by atoms with van der Waals surface area (Å²) in [6.45, 7) is 8.53. The Kier molecular flexibility index (Phi) is 5.49. The number of nitrogens with zero attached hydrogens (tertiary/aromatic N) is 1. The van der Waals surface area contributed by atoms with Gasteiger partial charge in [-0.25, -0.2) is 0 Å². The highest BCUT2D eigenvalue weighted by Crippen LogP contribution is 2.20. The van der Waals surface area contributed by atoms with Gasteiger partial charge < -0.3 is 10.2 Å². The van der Waals surface area contributed by atoms with E-state index in [9.17, 15) is 0 Å². The molecule has 0 bridgehead atoms. The molecular weight excluding hydrogens is 172 g/mol. The molecule has 0 aromatic carbocycles. The van der Waals surface area contributed by atoms with Crippen LogP contribution >= 0.6 is 0 Å². The fourth-order valence-electron chi connectivity index (χ4n) is 2.29. The molecule has 1 fully saturated rings. The van der Waals surface area contributed by atoms with Crippen LogP contribution in [0.4, 0.5) is 0 Å². The van der Waals surface area contributed by atoms with Gasteiger partial charge in [0.2, 0.25) is 0 Å².